The molecule has 4 heteroatoms. The minimum Gasteiger partial charge on any atom is -0.369 e. The van der Waals surface area contributed by atoms with Gasteiger partial charge in [-0.25, -0.2) is 4.79 Å². The number of likely N-dealkylation sites (tertiary alicyclic amines) is 1. The number of hydrogen-bond donors (Lipinski definition) is 1. The molecular weight excluding hydrogens is 168 g/mol. The molecule has 0 aromatic heterocycles. The van der Waals surface area contributed by atoms with Crippen molar-refractivity contribution in [3.8, 4) is 0 Å². The Kier molecular flexibility index (Phi) is 2.81. The van der Waals surface area contributed by atoms with E-state index in [4.69, 9.17) is 4.74 Å². The van der Waals surface area contributed by atoms with Gasteiger partial charge in [-0.15, -0.1) is 0 Å². The lowest BCUT2D eigenvalue weighted by molar-refractivity contribution is -0.111. The van der Waals surface area contributed by atoms with Gasteiger partial charge in [-0.2, -0.15) is 0 Å². The maximum atomic E-state index is 11.1. The molecule has 0 radical (unpaired) electrons. The monoisotopic (exact) mass is 186 g/mol. The summed E-state index contributed by atoms with van der Waals surface area (Å²) in [6, 6.07) is -0.0197. The first kappa shape index (κ1) is 10.3. The summed E-state index contributed by atoms with van der Waals surface area (Å²) in [4.78, 5) is 12.8. The Hall–Kier alpha value is -0.770. The number of hydrogen-bond acceptors (Lipinski definition) is 2. The maximum Gasteiger partial charge on any atom is 0.317 e. The van der Waals surface area contributed by atoms with Gasteiger partial charge in [0, 0.05) is 7.05 Å². The molecule has 1 rings (SSSR count). The molecule has 0 bridgehead atoms. The van der Waals surface area contributed by atoms with Gasteiger partial charge in [0.2, 0.25) is 0 Å². The van der Waals surface area contributed by atoms with E-state index < -0.39 is 0 Å². The molecule has 0 aromatic carbocycles. The van der Waals surface area contributed by atoms with Crippen LogP contribution in [0.25, 0.3) is 0 Å². The molecule has 76 valence electrons. The molecule has 13 heavy (non-hydrogen) atoms. The van der Waals surface area contributed by atoms with Crippen molar-refractivity contribution in [2.24, 2.45) is 0 Å². The number of urea groups is 1. The fraction of sp³-hybridized carbons (Fsp3) is 0.889. The van der Waals surface area contributed by atoms with Crippen molar-refractivity contribution in [2.75, 3.05) is 20.1 Å². The molecule has 0 atom stereocenters. The van der Waals surface area contributed by atoms with Gasteiger partial charge >= 0.3 is 6.03 Å². The lowest BCUT2D eigenvalue weighted by atomic mass is 10.1. The second-order valence-corrected chi connectivity index (χ2v) is 4.31. The number of rotatable bonds is 1. The molecule has 0 aliphatic carbocycles. The largest absolute Gasteiger partial charge is 0.369 e. The molecule has 2 amide bonds. The fourth-order valence-corrected chi connectivity index (χ4v) is 1.34. The van der Waals surface area contributed by atoms with Crippen LogP contribution in [0.3, 0.4) is 0 Å². The molecule has 1 heterocycles. The molecule has 1 fully saturated rings. The fourth-order valence-electron chi connectivity index (χ4n) is 1.34. The van der Waals surface area contributed by atoms with E-state index in [0.29, 0.717) is 13.1 Å². The summed E-state index contributed by atoms with van der Waals surface area (Å²) < 4.78 is 5.68. The summed E-state index contributed by atoms with van der Waals surface area (Å²) in [7, 11) is 1.64. The number of amides is 2. The molecule has 0 unspecified atom stereocenters. The van der Waals surface area contributed by atoms with Crippen LogP contribution in [-0.4, -0.2) is 42.8 Å². The highest BCUT2D eigenvalue weighted by Gasteiger charge is 2.33. The Morgan fingerprint density at radius 1 is 1.46 bits per heavy atom. The maximum absolute atomic E-state index is 11.1. The number of ether oxygens (including phenoxy) is 1. The molecule has 0 saturated carbocycles. The summed E-state index contributed by atoms with van der Waals surface area (Å²) in [6.07, 6.45) is 0.206. The van der Waals surface area contributed by atoms with Gasteiger partial charge in [-0.1, -0.05) is 0 Å². The Bertz CT molecular complexity index is 192. The SMILES string of the molecule is CNC(=O)N1CC(OC(C)(C)C)C1. The quantitative estimate of drug-likeness (QED) is 0.659. The lowest BCUT2D eigenvalue weighted by Gasteiger charge is -2.41. The van der Waals surface area contributed by atoms with Gasteiger partial charge in [0.05, 0.1) is 24.8 Å². The van der Waals surface area contributed by atoms with Crippen LogP contribution >= 0.6 is 0 Å². The predicted molar refractivity (Wildman–Crippen MR) is 50.7 cm³/mol. The molecule has 1 saturated heterocycles. The molecule has 0 aromatic rings. The smallest absolute Gasteiger partial charge is 0.317 e. The first-order chi connectivity index (χ1) is 5.92. The summed E-state index contributed by atoms with van der Waals surface area (Å²) in [5.74, 6) is 0. The van der Waals surface area contributed by atoms with Gasteiger partial charge in [0.25, 0.3) is 0 Å². The Morgan fingerprint density at radius 3 is 2.38 bits per heavy atom. The number of carbonyl (C=O) groups is 1. The van der Waals surface area contributed by atoms with Crippen LogP contribution in [0.2, 0.25) is 0 Å². The highest BCUT2D eigenvalue weighted by atomic mass is 16.5. The summed E-state index contributed by atoms with van der Waals surface area (Å²) in [6.45, 7) is 7.48. The average molecular weight is 186 g/mol. The zero-order valence-electron chi connectivity index (χ0n) is 8.76. The summed E-state index contributed by atoms with van der Waals surface area (Å²) >= 11 is 0. The van der Waals surface area contributed by atoms with Crippen molar-refractivity contribution in [1.29, 1.82) is 0 Å². The Balaban J connectivity index is 2.22. The standard InChI is InChI=1S/C9H18N2O2/c1-9(2,3)13-7-5-11(6-7)8(12)10-4/h7H,5-6H2,1-4H3,(H,10,12). The molecule has 1 aliphatic rings. The van der Waals surface area contributed by atoms with Crippen molar-refractivity contribution in [2.45, 2.75) is 32.5 Å². The predicted octanol–water partition coefficient (Wildman–Crippen LogP) is 0.825. The van der Waals surface area contributed by atoms with E-state index in [1.165, 1.54) is 0 Å². The van der Waals surface area contributed by atoms with Crippen LogP contribution in [0, 0.1) is 0 Å². The third kappa shape index (κ3) is 2.88. The molecular formula is C9H18N2O2. The normalized spacial score (nSPS) is 18.3. The lowest BCUT2D eigenvalue weighted by Crippen LogP contribution is -2.58. The van der Waals surface area contributed by atoms with E-state index in [1.54, 1.807) is 11.9 Å². The molecule has 1 aliphatic heterocycles. The van der Waals surface area contributed by atoms with Crippen LogP contribution in [0.15, 0.2) is 0 Å². The highest BCUT2D eigenvalue weighted by molar-refractivity contribution is 5.74. The first-order valence-corrected chi connectivity index (χ1v) is 4.57. The van der Waals surface area contributed by atoms with Crippen LogP contribution < -0.4 is 5.32 Å². The van der Waals surface area contributed by atoms with Crippen molar-refractivity contribution in [1.82, 2.24) is 10.2 Å². The highest BCUT2D eigenvalue weighted by Crippen LogP contribution is 2.18. The zero-order valence-corrected chi connectivity index (χ0v) is 8.76. The number of nitrogens with zero attached hydrogens (tertiary/aromatic N) is 1. The number of nitrogens with one attached hydrogen (secondary N) is 1. The molecule has 0 spiro atoms. The van der Waals surface area contributed by atoms with E-state index >= 15 is 0 Å². The zero-order chi connectivity index (χ0) is 10.1. The van der Waals surface area contributed by atoms with Crippen molar-refractivity contribution < 1.29 is 9.53 Å². The van der Waals surface area contributed by atoms with Gasteiger partial charge in [0.1, 0.15) is 0 Å². The minimum absolute atomic E-state index is 0.0197. The topological polar surface area (TPSA) is 41.6 Å². The van der Waals surface area contributed by atoms with Gasteiger partial charge in [0.15, 0.2) is 0 Å². The third-order valence-corrected chi connectivity index (χ3v) is 1.87. The van der Waals surface area contributed by atoms with Crippen LogP contribution in [0.5, 0.6) is 0 Å². The third-order valence-electron chi connectivity index (χ3n) is 1.87. The van der Waals surface area contributed by atoms with Crippen molar-refractivity contribution in [3.63, 3.8) is 0 Å². The van der Waals surface area contributed by atoms with Crippen LogP contribution in [0.4, 0.5) is 4.79 Å². The second kappa shape index (κ2) is 3.54. The van der Waals surface area contributed by atoms with Crippen molar-refractivity contribution in [3.05, 3.63) is 0 Å². The number of carbonyl (C=O) groups excluding carboxylic acids is 1. The van der Waals surface area contributed by atoms with Gasteiger partial charge in [-0.3, -0.25) is 0 Å². The first-order valence-electron chi connectivity index (χ1n) is 4.57. The molecule has 4 nitrogen and oxygen atoms in total. The van der Waals surface area contributed by atoms with E-state index in [9.17, 15) is 4.79 Å². The summed E-state index contributed by atoms with van der Waals surface area (Å²) in [5.41, 5.74) is -0.112. The van der Waals surface area contributed by atoms with E-state index in [-0.39, 0.29) is 17.7 Å². The van der Waals surface area contributed by atoms with E-state index in [2.05, 4.69) is 5.32 Å². The average Bonchev–Trinajstić information content (AvgIpc) is 1.92. The summed E-state index contributed by atoms with van der Waals surface area (Å²) in [5, 5.41) is 2.58. The Labute approximate surface area is 79.2 Å². The van der Waals surface area contributed by atoms with E-state index in [0.717, 1.165) is 0 Å². The Morgan fingerprint density at radius 2 is 2.00 bits per heavy atom. The van der Waals surface area contributed by atoms with Gasteiger partial charge < -0.3 is 15.0 Å². The van der Waals surface area contributed by atoms with Crippen molar-refractivity contribution >= 4 is 6.03 Å². The second-order valence-electron chi connectivity index (χ2n) is 4.31. The molecule has 1 N–H and O–H groups in total. The van der Waals surface area contributed by atoms with Crippen LogP contribution in [0.1, 0.15) is 20.8 Å². The van der Waals surface area contributed by atoms with Crippen LogP contribution in [-0.2, 0) is 4.74 Å². The minimum atomic E-state index is -0.112. The van der Waals surface area contributed by atoms with Gasteiger partial charge in [-0.05, 0) is 20.8 Å². The van der Waals surface area contributed by atoms with E-state index in [1.807, 2.05) is 20.8 Å².